The normalized spacial score (nSPS) is 11.5. The van der Waals surface area contributed by atoms with E-state index in [0.29, 0.717) is 8.78 Å². The van der Waals surface area contributed by atoms with E-state index in [-0.39, 0.29) is 4.90 Å². The van der Waals surface area contributed by atoms with Gasteiger partial charge in [0.1, 0.15) is 6.54 Å². The van der Waals surface area contributed by atoms with E-state index >= 15 is 0 Å². The first-order valence-electron chi connectivity index (χ1n) is 4.99. The number of carboxylic acids is 1. The Bertz CT molecular complexity index is 568. The summed E-state index contributed by atoms with van der Waals surface area (Å²) in [5, 5.41) is 8.69. The van der Waals surface area contributed by atoms with Crippen LogP contribution in [0.4, 0.5) is 0 Å². The molecule has 0 atom stereocenters. The number of hydrogen-bond donors (Lipinski definition) is 2. The summed E-state index contributed by atoms with van der Waals surface area (Å²) in [4.78, 5) is 21.4. The topological polar surface area (TPSA) is 118 Å². The maximum atomic E-state index is 12.2. The molecular formula is C10H11BrN2O5S. The predicted octanol–water partition coefficient (Wildman–Crippen LogP) is 0.00970. The van der Waals surface area contributed by atoms with E-state index in [9.17, 15) is 18.0 Å². The summed E-state index contributed by atoms with van der Waals surface area (Å²) >= 11 is 3.15. The lowest BCUT2D eigenvalue weighted by molar-refractivity contribution is -0.137. The molecule has 0 aromatic heterocycles. The third-order valence-electron chi connectivity index (χ3n) is 2.10. The largest absolute Gasteiger partial charge is 0.480 e. The van der Waals surface area contributed by atoms with Crippen molar-refractivity contribution in [2.24, 2.45) is 5.73 Å². The Hall–Kier alpha value is -1.45. The summed E-state index contributed by atoms with van der Waals surface area (Å²) in [6.45, 7) is -1.52. The number of sulfonamides is 1. The Kier molecular flexibility index (Phi) is 5.04. The lowest BCUT2D eigenvalue weighted by Crippen LogP contribution is -2.41. The fourth-order valence-corrected chi connectivity index (χ4v) is 2.93. The molecule has 0 fully saturated rings. The van der Waals surface area contributed by atoms with Crippen LogP contribution in [0.5, 0.6) is 0 Å². The van der Waals surface area contributed by atoms with Crippen molar-refractivity contribution in [3.63, 3.8) is 0 Å². The highest BCUT2D eigenvalue weighted by Crippen LogP contribution is 2.18. The van der Waals surface area contributed by atoms with Gasteiger partial charge in [0.05, 0.1) is 11.4 Å². The van der Waals surface area contributed by atoms with Gasteiger partial charge in [0.15, 0.2) is 0 Å². The molecule has 0 bridgehead atoms. The van der Waals surface area contributed by atoms with Crippen LogP contribution in [-0.2, 0) is 19.6 Å². The molecular weight excluding hydrogens is 340 g/mol. The molecule has 3 N–H and O–H groups in total. The first kappa shape index (κ1) is 15.6. The van der Waals surface area contributed by atoms with Gasteiger partial charge in [-0.1, -0.05) is 15.9 Å². The number of halogens is 1. The smallest absolute Gasteiger partial charge is 0.318 e. The Morgan fingerprint density at radius 1 is 1.21 bits per heavy atom. The Balaban J connectivity index is 3.14. The molecule has 0 saturated heterocycles. The van der Waals surface area contributed by atoms with Gasteiger partial charge in [0.25, 0.3) is 0 Å². The molecule has 104 valence electrons. The molecule has 0 radical (unpaired) electrons. The van der Waals surface area contributed by atoms with Crippen molar-refractivity contribution < 1.29 is 23.1 Å². The molecule has 0 aliphatic heterocycles. The quantitative estimate of drug-likeness (QED) is 0.749. The van der Waals surface area contributed by atoms with Crippen LogP contribution in [-0.4, -0.2) is 42.8 Å². The van der Waals surface area contributed by atoms with E-state index in [1.807, 2.05) is 0 Å². The van der Waals surface area contributed by atoms with Crippen molar-refractivity contribution in [2.45, 2.75) is 4.90 Å². The third-order valence-corrected chi connectivity index (χ3v) is 4.43. The molecule has 0 aliphatic rings. The highest BCUT2D eigenvalue weighted by molar-refractivity contribution is 9.10. The predicted molar refractivity (Wildman–Crippen MR) is 69.7 cm³/mol. The van der Waals surface area contributed by atoms with Gasteiger partial charge in [-0.25, -0.2) is 8.42 Å². The molecule has 0 unspecified atom stereocenters. The van der Waals surface area contributed by atoms with Crippen LogP contribution >= 0.6 is 15.9 Å². The maximum absolute atomic E-state index is 12.2. The van der Waals surface area contributed by atoms with Gasteiger partial charge in [-0.05, 0) is 24.3 Å². The second kappa shape index (κ2) is 6.13. The van der Waals surface area contributed by atoms with Crippen LogP contribution in [0.15, 0.2) is 33.6 Å². The number of nitrogens with zero attached hydrogens (tertiary/aromatic N) is 1. The summed E-state index contributed by atoms with van der Waals surface area (Å²) in [7, 11) is -4.08. The monoisotopic (exact) mass is 350 g/mol. The standard InChI is InChI=1S/C10H11BrN2O5S/c11-7-1-3-8(4-2-7)19(17,18)13(5-9(12)14)6-10(15)16/h1-4H,5-6H2,(H2,12,14)(H,15,16). The molecule has 0 saturated carbocycles. The minimum absolute atomic E-state index is 0.113. The molecule has 1 aromatic rings. The summed E-state index contributed by atoms with van der Waals surface area (Å²) in [6.07, 6.45) is 0. The molecule has 7 nitrogen and oxygen atoms in total. The summed E-state index contributed by atoms with van der Waals surface area (Å²) in [6, 6.07) is 5.59. The van der Waals surface area contributed by atoms with E-state index in [4.69, 9.17) is 10.8 Å². The average Bonchev–Trinajstić information content (AvgIpc) is 2.27. The molecule has 1 aromatic carbocycles. The van der Waals surface area contributed by atoms with Crippen LogP contribution < -0.4 is 5.73 Å². The number of primary amides is 1. The van der Waals surface area contributed by atoms with Gasteiger partial charge in [-0.2, -0.15) is 4.31 Å². The number of carbonyl (C=O) groups excluding carboxylic acids is 1. The number of benzene rings is 1. The van der Waals surface area contributed by atoms with Gasteiger partial charge in [0.2, 0.25) is 15.9 Å². The van der Waals surface area contributed by atoms with Gasteiger partial charge in [0, 0.05) is 4.47 Å². The van der Waals surface area contributed by atoms with Gasteiger partial charge < -0.3 is 10.8 Å². The first-order chi connectivity index (χ1) is 8.73. The molecule has 0 heterocycles. The van der Waals surface area contributed by atoms with Crippen LogP contribution in [0.1, 0.15) is 0 Å². The zero-order chi connectivity index (χ0) is 14.6. The second-order valence-corrected chi connectivity index (χ2v) is 6.44. The third kappa shape index (κ3) is 4.30. The summed E-state index contributed by atoms with van der Waals surface area (Å²) in [5.74, 6) is -2.30. The van der Waals surface area contributed by atoms with Crippen molar-refractivity contribution in [3.05, 3.63) is 28.7 Å². The average molecular weight is 351 g/mol. The molecule has 0 spiro atoms. The van der Waals surface area contributed by atoms with Crippen molar-refractivity contribution in [1.82, 2.24) is 4.31 Å². The van der Waals surface area contributed by atoms with E-state index in [0.717, 1.165) is 0 Å². The molecule has 19 heavy (non-hydrogen) atoms. The highest BCUT2D eigenvalue weighted by Gasteiger charge is 2.27. The van der Waals surface area contributed by atoms with E-state index in [1.165, 1.54) is 24.3 Å². The summed E-state index contributed by atoms with van der Waals surface area (Å²) in [5.41, 5.74) is 4.92. The second-order valence-electron chi connectivity index (χ2n) is 3.59. The number of hydrogen-bond acceptors (Lipinski definition) is 4. The lowest BCUT2D eigenvalue weighted by atomic mass is 10.4. The van der Waals surface area contributed by atoms with Crippen molar-refractivity contribution >= 4 is 37.8 Å². The SMILES string of the molecule is NC(=O)CN(CC(=O)O)S(=O)(=O)c1ccc(Br)cc1. The van der Waals surface area contributed by atoms with Crippen molar-refractivity contribution in [2.75, 3.05) is 13.1 Å². The Morgan fingerprint density at radius 3 is 2.16 bits per heavy atom. The maximum Gasteiger partial charge on any atom is 0.318 e. The minimum atomic E-state index is -4.08. The van der Waals surface area contributed by atoms with Crippen molar-refractivity contribution in [3.8, 4) is 0 Å². The van der Waals surface area contributed by atoms with Gasteiger partial charge in [-0.3, -0.25) is 9.59 Å². The minimum Gasteiger partial charge on any atom is -0.480 e. The zero-order valence-corrected chi connectivity index (χ0v) is 12.0. The number of aliphatic carboxylic acids is 1. The number of carbonyl (C=O) groups is 2. The number of nitrogens with two attached hydrogens (primary N) is 1. The van der Waals surface area contributed by atoms with E-state index in [2.05, 4.69) is 15.9 Å². The number of carboxylic acid groups (broad SMARTS) is 1. The van der Waals surface area contributed by atoms with Crippen molar-refractivity contribution in [1.29, 1.82) is 0 Å². The summed E-state index contributed by atoms with van der Waals surface area (Å²) < 4.78 is 25.5. The lowest BCUT2D eigenvalue weighted by Gasteiger charge is -2.18. The Labute approximate surface area is 118 Å². The number of amides is 1. The number of rotatable bonds is 6. The highest BCUT2D eigenvalue weighted by atomic mass is 79.9. The van der Waals surface area contributed by atoms with Gasteiger partial charge >= 0.3 is 5.97 Å². The first-order valence-corrected chi connectivity index (χ1v) is 7.22. The van der Waals surface area contributed by atoms with Crippen LogP contribution in [0.3, 0.4) is 0 Å². The van der Waals surface area contributed by atoms with E-state index < -0.39 is 35.0 Å². The molecule has 9 heteroatoms. The van der Waals surface area contributed by atoms with E-state index in [1.54, 1.807) is 0 Å². The molecule has 0 aliphatic carbocycles. The molecule has 1 amide bonds. The van der Waals surface area contributed by atoms with Crippen LogP contribution in [0, 0.1) is 0 Å². The fraction of sp³-hybridized carbons (Fsp3) is 0.200. The van der Waals surface area contributed by atoms with Gasteiger partial charge in [-0.15, -0.1) is 0 Å². The zero-order valence-electron chi connectivity index (χ0n) is 9.61. The fourth-order valence-electron chi connectivity index (χ4n) is 1.31. The van der Waals surface area contributed by atoms with Crippen LogP contribution in [0.2, 0.25) is 0 Å². The molecule has 1 rings (SSSR count). The van der Waals surface area contributed by atoms with Crippen LogP contribution in [0.25, 0.3) is 0 Å². The Morgan fingerprint density at radius 2 is 1.74 bits per heavy atom.